The van der Waals surface area contributed by atoms with Crippen molar-refractivity contribution in [1.29, 1.82) is 0 Å². The highest BCUT2D eigenvalue weighted by Gasteiger charge is 2.56. The summed E-state index contributed by atoms with van der Waals surface area (Å²) in [6.07, 6.45) is -8.65. The zero-order valence-electron chi connectivity index (χ0n) is 12.6. The molecular weight excluding hydrogens is 332 g/mol. The monoisotopic (exact) mass is 352 g/mol. The minimum Gasteiger partial charge on any atom is -0.477 e. The molecule has 12 nitrogen and oxygen atoms in total. The Hall–Kier alpha value is -1.83. The third-order valence-corrected chi connectivity index (χ3v) is 3.67. The molecule has 138 valence electrons. The highest BCUT2D eigenvalue weighted by Crippen LogP contribution is 2.33. The van der Waals surface area contributed by atoms with Gasteiger partial charge in [-0.1, -0.05) is 0 Å². The molecule has 0 aliphatic carbocycles. The zero-order chi connectivity index (χ0) is 18.8. The first-order chi connectivity index (χ1) is 11.0. The van der Waals surface area contributed by atoms with Gasteiger partial charge in [-0.2, -0.15) is 0 Å². The SMILES string of the molecule is CC(=O)N(C(N)=O)[C@@H]1[C@@H](O)C[C@](O)(C(=O)O)O[C@H]1C(O)[C@H](O)CO. The van der Waals surface area contributed by atoms with Crippen LogP contribution in [0, 0.1) is 0 Å². The molecule has 1 fully saturated rings. The summed E-state index contributed by atoms with van der Waals surface area (Å²) in [6, 6.07) is -3.03. The summed E-state index contributed by atoms with van der Waals surface area (Å²) in [5, 5.41) is 57.5. The van der Waals surface area contributed by atoms with E-state index in [-0.39, 0.29) is 0 Å². The van der Waals surface area contributed by atoms with Gasteiger partial charge in [-0.25, -0.2) is 9.59 Å². The van der Waals surface area contributed by atoms with E-state index in [2.05, 4.69) is 0 Å². The Labute approximate surface area is 135 Å². The summed E-state index contributed by atoms with van der Waals surface area (Å²) in [5.41, 5.74) is 5.06. The van der Waals surface area contributed by atoms with Gasteiger partial charge >= 0.3 is 12.0 Å². The topological polar surface area (TPSA) is 211 Å². The Morgan fingerprint density at radius 2 is 1.92 bits per heavy atom. The Kier molecular flexibility index (Phi) is 6.21. The molecule has 1 aliphatic heterocycles. The first kappa shape index (κ1) is 20.2. The molecule has 0 radical (unpaired) electrons. The number of hydrogen-bond acceptors (Lipinski definition) is 9. The highest BCUT2D eigenvalue weighted by atomic mass is 16.7. The second kappa shape index (κ2) is 7.38. The molecule has 0 bridgehead atoms. The van der Waals surface area contributed by atoms with Crippen LogP contribution in [-0.2, 0) is 14.3 Å². The standard InChI is InChI=1S/C12H20N2O10/c1-4(16)14(11(13)22)7-5(17)2-12(23,10(20)21)24-9(7)8(19)6(18)3-15/h5-9,15,17-19,23H,2-3H2,1H3,(H2,13,22)(H,20,21)/t5-,6+,7+,8?,9+,12+/m0/s1. The number of urea groups is 1. The summed E-state index contributed by atoms with van der Waals surface area (Å²) in [5.74, 6) is -5.80. The molecule has 1 rings (SSSR count). The van der Waals surface area contributed by atoms with Crippen LogP contribution in [0.2, 0.25) is 0 Å². The second-order valence-electron chi connectivity index (χ2n) is 5.40. The van der Waals surface area contributed by atoms with E-state index >= 15 is 0 Å². The van der Waals surface area contributed by atoms with Crippen molar-refractivity contribution < 1.29 is 49.8 Å². The molecular formula is C12H20N2O10. The third kappa shape index (κ3) is 3.80. The molecule has 0 spiro atoms. The summed E-state index contributed by atoms with van der Waals surface area (Å²) in [6.45, 7) is -0.0621. The van der Waals surface area contributed by atoms with Gasteiger partial charge in [0.05, 0.1) is 18.8 Å². The number of rotatable bonds is 5. The molecule has 0 saturated carbocycles. The van der Waals surface area contributed by atoms with E-state index in [9.17, 15) is 34.8 Å². The van der Waals surface area contributed by atoms with Gasteiger partial charge in [0.1, 0.15) is 18.3 Å². The molecule has 1 heterocycles. The summed E-state index contributed by atoms with van der Waals surface area (Å²) in [4.78, 5) is 34.5. The van der Waals surface area contributed by atoms with Crippen LogP contribution in [0.3, 0.4) is 0 Å². The lowest BCUT2D eigenvalue weighted by Gasteiger charge is -2.47. The number of amides is 3. The summed E-state index contributed by atoms with van der Waals surface area (Å²) in [7, 11) is 0. The maximum absolute atomic E-state index is 11.6. The van der Waals surface area contributed by atoms with Crippen molar-refractivity contribution in [3.63, 3.8) is 0 Å². The molecule has 1 aliphatic rings. The summed E-state index contributed by atoms with van der Waals surface area (Å²) >= 11 is 0. The first-order valence-electron chi connectivity index (χ1n) is 6.84. The summed E-state index contributed by atoms with van der Waals surface area (Å²) < 4.78 is 4.86. The Bertz CT molecular complexity index is 500. The first-order valence-corrected chi connectivity index (χ1v) is 6.84. The highest BCUT2D eigenvalue weighted by molar-refractivity contribution is 5.93. The van der Waals surface area contributed by atoms with Gasteiger partial charge in [0, 0.05) is 13.3 Å². The number of aliphatic hydroxyl groups excluding tert-OH is 4. The molecule has 3 amide bonds. The van der Waals surface area contributed by atoms with Gasteiger partial charge in [0.2, 0.25) is 5.91 Å². The molecule has 6 atom stereocenters. The molecule has 0 aromatic rings. The van der Waals surface area contributed by atoms with Crippen molar-refractivity contribution >= 4 is 17.9 Å². The van der Waals surface area contributed by atoms with Crippen molar-refractivity contribution in [1.82, 2.24) is 4.90 Å². The number of hydrogen-bond donors (Lipinski definition) is 7. The average Bonchev–Trinajstić information content (AvgIpc) is 2.47. The third-order valence-electron chi connectivity index (χ3n) is 3.67. The normalized spacial score (nSPS) is 32.7. The molecule has 1 saturated heterocycles. The predicted molar refractivity (Wildman–Crippen MR) is 73.1 cm³/mol. The van der Waals surface area contributed by atoms with E-state index in [1.165, 1.54) is 0 Å². The van der Waals surface area contributed by atoms with Crippen molar-refractivity contribution in [2.75, 3.05) is 6.61 Å². The largest absolute Gasteiger partial charge is 0.477 e. The Morgan fingerprint density at radius 3 is 2.29 bits per heavy atom. The van der Waals surface area contributed by atoms with Crippen LogP contribution >= 0.6 is 0 Å². The number of imide groups is 1. The lowest BCUT2D eigenvalue weighted by molar-refractivity contribution is -0.301. The number of carboxylic acids is 1. The second-order valence-corrected chi connectivity index (χ2v) is 5.40. The minimum absolute atomic E-state index is 0.310. The van der Waals surface area contributed by atoms with E-state index < -0.39 is 67.2 Å². The van der Waals surface area contributed by atoms with Crippen LogP contribution in [0.4, 0.5) is 4.79 Å². The van der Waals surface area contributed by atoms with E-state index in [0.717, 1.165) is 6.92 Å². The fourth-order valence-corrected chi connectivity index (χ4v) is 2.53. The number of nitrogens with zero attached hydrogens (tertiary/aromatic N) is 1. The number of primary amides is 1. The number of nitrogens with two attached hydrogens (primary N) is 1. The van der Waals surface area contributed by atoms with Crippen LogP contribution in [0.5, 0.6) is 0 Å². The average molecular weight is 352 g/mol. The number of carbonyl (C=O) groups excluding carboxylic acids is 2. The van der Waals surface area contributed by atoms with Gasteiger partial charge in [0.15, 0.2) is 0 Å². The lowest BCUT2D eigenvalue weighted by Crippen LogP contribution is -2.69. The molecule has 8 N–H and O–H groups in total. The zero-order valence-corrected chi connectivity index (χ0v) is 12.6. The van der Waals surface area contributed by atoms with Gasteiger partial charge in [0.25, 0.3) is 5.79 Å². The quantitative estimate of drug-likeness (QED) is 0.254. The maximum atomic E-state index is 11.6. The van der Waals surface area contributed by atoms with Crippen LogP contribution in [0.15, 0.2) is 0 Å². The van der Waals surface area contributed by atoms with E-state index in [1.54, 1.807) is 0 Å². The van der Waals surface area contributed by atoms with Gasteiger partial charge in [-0.3, -0.25) is 9.69 Å². The van der Waals surface area contributed by atoms with Crippen molar-refractivity contribution in [2.45, 2.75) is 49.6 Å². The fraction of sp³-hybridized carbons (Fsp3) is 0.750. The van der Waals surface area contributed by atoms with Crippen molar-refractivity contribution in [2.24, 2.45) is 5.73 Å². The fourth-order valence-electron chi connectivity index (χ4n) is 2.53. The molecule has 0 aromatic heterocycles. The van der Waals surface area contributed by atoms with E-state index in [0.29, 0.717) is 4.90 Å². The van der Waals surface area contributed by atoms with Crippen LogP contribution in [0.25, 0.3) is 0 Å². The van der Waals surface area contributed by atoms with E-state index in [1.807, 2.05) is 0 Å². The van der Waals surface area contributed by atoms with Crippen molar-refractivity contribution in [3.05, 3.63) is 0 Å². The van der Waals surface area contributed by atoms with Crippen LogP contribution < -0.4 is 5.73 Å². The van der Waals surface area contributed by atoms with Gasteiger partial charge in [-0.15, -0.1) is 0 Å². The smallest absolute Gasteiger partial charge is 0.364 e. The number of carbonyl (C=O) groups is 3. The Balaban J connectivity index is 3.34. The Morgan fingerprint density at radius 1 is 1.38 bits per heavy atom. The van der Waals surface area contributed by atoms with Crippen molar-refractivity contribution in [3.8, 4) is 0 Å². The van der Waals surface area contributed by atoms with Crippen LogP contribution in [-0.4, -0.2) is 96.3 Å². The van der Waals surface area contributed by atoms with E-state index in [4.69, 9.17) is 20.7 Å². The minimum atomic E-state index is -2.95. The number of aliphatic hydroxyl groups is 5. The molecule has 0 aromatic carbocycles. The number of carboxylic acid groups (broad SMARTS) is 1. The maximum Gasteiger partial charge on any atom is 0.364 e. The molecule has 12 heteroatoms. The molecule has 1 unspecified atom stereocenters. The lowest BCUT2D eigenvalue weighted by atomic mass is 9.87. The van der Waals surface area contributed by atoms with Crippen LogP contribution in [0.1, 0.15) is 13.3 Å². The number of aliphatic carboxylic acids is 1. The number of ether oxygens (including phenoxy) is 1. The predicted octanol–water partition coefficient (Wildman–Crippen LogP) is -4.08. The van der Waals surface area contributed by atoms with Gasteiger partial charge in [-0.05, 0) is 0 Å². The molecule has 24 heavy (non-hydrogen) atoms. The van der Waals surface area contributed by atoms with Gasteiger partial charge < -0.3 is 41.1 Å².